The van der Waals surface area contributed by atoms with Gasteiger partial charge in [0.15, 0.2) is 0 Å². The van der Waals surface area contributed by atoms with Crippen molar-refractivity contribution in [2.45, 2.75) is 12.5 Å². The Labute approximate surface area is 106 Å². The molecule has 1 unspecified atom stereocenters. The van der Waals surface area contributed by atoms with Crippen LogP contribution in [-0.4, -0.2) is 5.11 Å². The second-order valence-electron chi connectivity index (χ2n) is 3.47. The number of aliphatic hydroxyl groups excluding tert-OH is 1. The molecule has 0 radical (unpaired) electrons. The van der Waals surface area contributed by atoms with Gasteiger partial charge in [0.2, 0.25) is 0 Å². The van der Waals surface area contributed by atoms with E-state index in [-0.39, 0.29) is 5.82 Å². The molecular formula is C12H10BrFOS. The van der Waals surface area contributed by atoms with Crippen molar-refractivity contribution < 1.29 is 9.50 Å². The number of aliphatic hydroxyl groups is 1. The summed E-state index contributed by atoms with van der Waals surface area (Å²) in [7, 11) is 0. The summed E-state index contributed by atoms with van der Waals surface area (Å²) in [5.41, 5.74) is 0.606. The Balaban J connectivity index is 2.14. The third-order valence-corrected chi connectivity index (χ3v) is 3.84. The third kappa shape index (κ3) is 2.70. The number of halogens is 2. The predicted molar refractivity (Wildman–Crippen MR) is 67.1 cm³/mol. The molecule has 1 aromatic heterocycles. The van der Waals surface area contributed by atoms with E-state index in [1.54, 1.807) is 23.5 Å². The van der Waals surface area contributed by atoms with Crippen LogP contribution in [0.2, 0.25) is 0 Å². The summed E-state index contributed by atoms with van der Waals surface area (Å²) in [5.74, 6) is -0.345. The van der Waals surface area contributed by atoms with E-state index in [4.69, 9.17) is 0 Å². The predicted octanol–water partition coefficient (Wildman–Crippen LogP) is 3.93. The molecule has 0 aliphatic carbocycles. The van der Waals surface area contributed by atoms with Gasteiger partial charge in [-0.1, -0.05) is 12.1 Å². The van der Waals surface area contributed by atoms with Crippen LogP contribution in [0.15, 0.2) is 40.2 Å². The normalized spacial score (nSPS) is 12.7. The highest BCUT2D eigenvalue weighted by Crippen LogP contribution is 2.24. The first-order chi connectivity index (χ1) is 7.66. The van der Waals surface area contributed by atoms with Crippen molar-refractivity contribution >= 4 is 27.3 Å². The molecule has 0 bridgehead atoms. The first-order valence-corrected chi connectivity index (χ1v) is 6.49. The average Bonchev–Trinajstić information content (AvgIpc) is 2.74. The maximum atomic E-state index is 13.3. The smallest absolute Gasteiger partial charge is 0.137 e. The Hall–Kier alpha value is -0.710. The SMILES string of the molecule is OC(Cc1cccs1)c1ccc(Br)c(F)c1. The molecule has 16 heavy (non-hydrogen) atoms. The van der Waals surface area contributed by atoms with E-state index in [1.807, 2.05) is 17.5 Å². The highest BCUT2D eigenvalue weighted by molar-refractivity contribution is 9.10. The van der Waals surface area contributed by atoms with Crippen LogP contribution in [0.25, 0.3) is 0 Å². The lowest BCUT2D eigenvalue weighted by Gasteiger charge is -2.10. The van der Waals surface area contributed by atoms with Crippen molar-refractivity contribution in [3.05, 3.63) is 56.4 Å². The van der Waals surface area contributed by atoms with Crippen LogP contribution < -0.4 is 0 Å². The molecule has 2 rings (SSSR count). The summed E-state index contributed by atoms with van der Waals surface area (Å²) >= 11 is 4.67. The first-order valence-electron chi connectivity index (χ1n) is 4.82. The maximum Gasteiger partial charge on any atom is 0.137 e. The number of hydrogen-bond acceptors (Lipinski definition) is 2. The van der Waals surface area contributed by atoms with Gasteiger partial charge in [-0.15, -0.1) is 11.3 Å². The second kappa shape index (κ2) is 5.08. The average molecular weight is 301 g/mol. The molecule has 0 amide bonds. The summed E-state index contributed by atoms with van der Waals surface area (Å²) in [6, 6.07) is 8.61. The fraction of sp³-hybridized carbons (Fsp3) is 0.167. The van der Waals surface area contributed by atoms with Crippen LogP contribution >= 0.6 is 27.3 Å². The standard InChI is InChI=1S/C12H10BrFOS/c13-10-4-3-8(6-11(10)14)12(15)7-9-2-1-5-16-9/h1-6,12,15H,7H2. The van der Waals surface area contributed by atoms with Gasteiger partial charge in [0, 0.05) is 11.3 Å². The summed E-state index contributed by atoms with van der Waals surface area (Å²) in [5, 5.41) is 11.9. The zero-order valence-electron chi connectivity index (χ0n) is 8.36. The molecule has 1 atom stereocenters. The molecule has 4 heteroatoms. The van der Waals surface area contributed by atoms with E-state index in [0.717, 1.165) is 4.88 Å². The lowest BCUT2D eigenvalue weighted by Crippen LogP contribution is -2.01. The van der Waals surface area contributed by atoms with E-state index in [2.05, 4.69) is 15.9 Å². The van der Waals surface area contributed by atoms with Gasteiger partial charge >= 0.3 is 0 Å². The minimum atomic E-state index is -0.652. The van der Waals surface area contributed by atoms with E-state index in [9.17, 15) is 9.50 Å². The molecule has 0 aliphatic rings. The minimum absolute atomic E-state index is 0.345. The monoisotopic (exact) mass is 300 g/mol. The molecule has 0 saturated carbocycles. The molecule has 0 spiro atoms. The van der Waals surface area contributed by atoms with Gasteiger partial charge in [-0.3, -0.25) is 0 Å². The largest absolute Gasteiger partial charge is 0.388 e. The Bertz CT molecular complexity index is 470. The van der Waals surface area contributed by atoms with Gasteiger partial charge in [0.05, 0.1) is 10.6 Å². The van der Waals surface area contributed by atoms with Crippen LogP contribution in [0.5, 0.6) is 0 Å². The van der Waals surface area contributed by atoms with Crippen molar-refractivity contribution in [2.24, 2.45) is 0 Å². The van der Waals surface area contributed by atoms with E-state index in [0.29, 0.717) is 16.5 Å². The molecule has 2 aromatic rings. The molecule has 0 fully saturated rings. The highest BCUT2D eigenvalue weighted by Gasteiger charge is 2.11. The lowest BCUT2D eigenvalue weighted by atomic mass is 10.1. The quantitative estimate of drug-likeness (QED) is 0.911. The van der Waals surface area contributed by atoms with Crippen molar-refractivity contribution in [3.63, 3.8) is 0 Å². The van der Waals surface area contributed by atoms with Crippen LogP contribution in [0.3, 0.4) is 0 Å². The molecule has 1 heterocycles. The Morgan fingerprint density at radius 3 is 2.81 bits per heavy atom. The van der Waals surface area contributed by atoms with Crippen LogP contribution in [0.4, 0.5) is 4.39 Å². The fourth-order valence-corrected chi connectivity index (χ4v) is 2.45. The zero-order valence-corrected chi connectivity index (χ0v) is 10.8. The van der Waals surface area contributed by atoms with Crippen LogP contribution in [-0.2, 0) is 6.42 Å². The molecule has 0 aliphatic heterocycles. The van der Waals surface area contributed by atoms with Crippen LogP contribution in [0.1, 0.15) is 16.5 Å². The van der Waals surface area contributed by atoms with Gasteiger partial charge in [0.1, 0.15) is 5.82 Å². The fourth-order valence-electron chi connectivity index (χ4n) is 1.46. The number of thiophene rings is 1. The first kappa shape index (κ1) is 11.8. The van der Waals surface area contributed by atoms with E-state index >= 15 is 0 Å². The number of hydrogen-bond donors (Lipinski definition) is 1. The van der Waals surface area contributed by atoms with Crippen molar-refractivity contribution in [3.8, 4) is 0 Å². The van der Waals surface area contributed by atoms with Gasteiger partial charge < -0.3 is 5.11 Å². The Morgan fingerprint density at radius 1 is 1.38 bits per heavy atom. The second-order valence-corrected chi connectivity index (χ2v) is 5.36. The molecule has 0 saturated heterocycles. The highest BCUT2D eigenvalue weighted by atomic mass is 79.9. The number of benzene rings is 1. The van der Waals surface area contributed by atoms with Crippen molar-refractivity contribution in [1.82, 2.24) is 0 Å². The summed E-state index contributed by atoms with van der Waals surface area (Å²) in [6.45, 7) is 0. The van der Waals surface area contributed by atoms with Gasteiger partial charge in [0.25, 0.3) is 0 Å². The Kier molecular flexibility index (Phi) is 3.74. The molecule has 84 valence electrons. The summed E-state index contributed by atoms with van der Waals surface area (Å²) in [6.07, 6.45) is -0.125. The molecule has 1 nitrogen and oxygen atoms in total. The van der Waals surface area contributed by atoms with E-state index < -0.39 is 6.10 Å². The maximum absolute atomic E-state index is 13.3. The minimum Gasteiger partial charge on any atom is -0.388 e. The van der Waals surface area contributed by atoms with Gasteiger partial charge in [-0.2, -0.15) is 0 Å². The van der Waals surface area contributed by atoms with E-state index in [1.165, 1.54) is 6.07 Å². The molecule has 1 aromatic carbocycles. The zero-order chi connectivity index (χ0) is 11.5. The molecular weight excluding hydrogens is 291 g/mol. The van der Waals surface area contributed by atoms with Crippen LogP contribution in [0, 0.1) is 5.82 Å². The van der Waals surface area contributed by atoms with Gasteiger partial charge in [-0.25, -0.2) is 4.39 Å². The Morgan fingerprint density at radius 2 is 2.19 bits per heavy atom. The van der Waals surface area contributed by atoms with Crippen molar-refractivity contribution in [1.29, 1.82) is 0 Å². The number of rotatable bonds is 3. The summed E-state index contributed by atoms with van der Waals surface area (Å²) < 4.78 is 13.7. The summed E-state index contributed by atoms with van der Waals surface area (Å²) in [4.78, 5) is 1.09. The third-order valence-electron chi connectivity index (χ3n) is 2.30. The van der Waals surface area contributed by atoms with Gasteiger partial charge in [-0.05, 0) is 45.1 Å². The molecule has 1 N–H and O–H groups in total. The van der Waals surface area contributed by atoms with Crippen molar-refractivity contribution in [2.75, 3.05) is 0 Å². The topological polar surface area (TPSA) is 20.2 Å². The lowest BCUT2D eigenvalue weighted by molar-refractivity contribution is 0.179.